The van der Waals surface area contributed by atoms with E-state index in [9.17, 15) is 48.3 Å². The van der Waals surface area contributed by atoms with Crippen molar-refractivity contribution in [1.82, 2.24) is 42.1 Å². The number of hydrogen-bond acceptors (Lipinski definition) is 11. The number of nitrogens with two attached hydrogens (primary N) is 2. The summed E-state index contributed by atoms with van der Waals surface area (Å²) in [4.78, 5) is 115. The van der Waals surface area contributed by atoms with Crippen molar-refractivity contribution >= 4 is 53.2 Å². The van der Waals surface area contributed by atoms with Gasteiger partial charge < -0.3 is 58.7 Å². The molecule has 2 heterocycles. The Labute approximate surface area is 321 Å². The van der Waals surface area contributed by atoms with Crippen LogP contribution in [0.3, 0.4) is 0 Å². The highest BCUT2D eigenvalue weighted by Gasteiger charge is 2.39. The maximum absolute atomic E-state index is 13.7. The molecule has 12 N–H and O–H groups in total. The summed E-state index contributed by atoms with van der Waals surface area (Å²) in [5.41, 5.74) is 10.5. The standard InChI is InChI=1S/C35H60N10O10/c1-18(2)27(43-30(50)22-11-8-16-38-22)34(54)44-28(20(4)46)33(53)39-15-7-6-10-24(41-21(5)47)35(55)45-17-9-12-25(45)32(52)42-23(13-14-26(36)48)31(51)40-19(3)29(37)49/h18-20,22-25,27-28,38,46H,6-17H2,1-5H3,(H2,36,48)(H2,37,49)(H,39,53)(H,40,51)(H,41,47)(H,42,52)(H,43,50)(H,44,54)/t19-,20-,22-,23+,24+,25+,27+,28+/m1/s1. The first-order chi connectivity index (χ1) is 25.8. The van der Waals surface area contributed by atoms with Gasteiger partial charge >= 0.3 is 0 Å². The lowest BCUT2D eigenvalue weighted by atomic mass is 10.0. The van der Waals surface area contributed by atoms with Crippen molar-refractivity contribution in [3.05, 3.63) is 0 Å². The molecule has 9 amide bonds. The van der Waals surface area contributed by atoms with Crippen LogP contribution in [-0.4, -0.2) is 131 Å². The van der Waals surface area contributed by atoms with E-state index in [-0.39, 0.29) is 50.6 Å². The highest BCUT2D eigenvalue weighted by atomic mass is 16.3. The zero-order valence-corrected chi connectivity index (χ0v) is 32.4. The third-order valence-corrected chi connectivity index (χ3v) is 9.52. The van der Waals surface area contributed by atoms with Gasteiger partial charge in [-0.1, -0.05) is 13.8 Å². The molecule has 2 aliphatic rings. The summed E-state index contributed by atoms with van der Waals surface area (Å²) in [6.07, 6.45) is 1.39. The largest absolute Gasteiger partial charge is 0.391 e. The number of aliphatic hydroxyl groups is 1. The van der Waals surface area contributed by atoms with E-state index in [1.54, 1.807) is 13.8 Å². The van der Waals surface area contributed by atoms with E-state index in [0.29, 0.717) is 32.2 Å². The third kappa shape index (κ3) is 15.1. The Balaban J connectivity index is 1.99. The van der Waals surface area contributed by atoms with Crippen LogP contribution in [-0.2, 0) is 43.2 Å². The van der Waals surface area contributed by atoms with Crippen LogP contribution >= 0.6 is 0 Å². The highest BCUT2D eigenvalue weighted by molar-refractivity contribution is 5.96. The third-order valence-electron chi connectivity index (χ3n) is 9.52. The highest BCUT2D eigenvalue weighted by Crippen LogP contribution is 2.21. The Bertz CT molecular complexity index is 1400. The summed E-state index contributed by atoms with van der Waals surface area (Å²) in [6.45, 7) is 8.47. The molecule has 0 aromatic carbocycles. The minimum atomic E-state index is -1.31. The number of carbonyl (C=O) groups is 9. The second-order valence-electron chi connectivity index (χ2n) is 14.5. The fourth-order valence-electron chi connectivity index (χ4n) is 6.35. The van der Waals surface area contributed by atoms with Crippen molar-refractivity contribution in [2.75, 3.05) is 19.6 Å². The molecule has 2 fully saturated rings. The van der Waals surface area contributed by atoms with E-state index >= 15 is 0 Å². The van der Waals surface area contributed by atoms with Gasteiger partial charge in [-0.15, -0.1) is 0 Å². The number of amides is 9. The number of likely N-dealkylation sites (tertiary alicyclic amines) is 1. The summed E-state index contributed by atoms with van der Waals surface area (Å²) < 4.78 is 0. The maximum Gasteiger partial charge on any atom is 0.245 e. The van der Waals surface area contributed by atoms with Crippen molar-refractivity contribution < 1.29 is 48.3 Å². The first-order valence-corrected chi connectivity index (χ1v) is 18.9. The van der Waals surface area contributed by atoms with Gasteiger partial charge in [0.05, 0.1) is 12.1 Å². The Kier molecular flexibility index (Phi) is 19.0. The molecule has 0 saturated carbocycles. The van der Waals surface area contributed by atoms with Gasteiger partial charge in [0, 0.05) is 26.4 Å². The molecule has 0 aromatic rings. The average molecular weight is 781 g/mol. The Morgan fingerprint density at radius 2 is 1.45 bits per heavy atom. The lowest BCUT2D eigenvalue weighted by molar-refractivity contribution is -0.142. The van der Waals surface area contributed by atoms with Gasteiger partial charge in [0.1, 0.15) is 36.3 Å². The second kappa shape index (κ2) is 22.5. The molecule has 310 valence electrons. The maximum atomic E-state index is 13.7. The van der Waals surface area contributed by atoms with Gasteiger partial charge in [-0.05, 0) is 77.7 Å². The monoisotopic (exact) mass is 780 g/mol. The summed E-state index contributed by atoms with van der Waals surface area (Å²) in [7, 11) is 0. The quantitative estimate of drug-likeness (QED) is 0.0476. The summed E-state index contributed by atoms with van der Waals surface area (Å²) in [6, 6.07) is -6.96. The van der Waals surface area contributed by atoms with E-state index in [0.717, 1.165) is 6.42 Å². The van der Waals surface area contributed by atoms with Crippen molar-refractivity contribution in [3.8, 4) is 0 Å². The number of unbranched alkanes of at least 4 members (excludes halogenated alkanes) is 1. The molecule has 0 aliphatic carbocycles. The molecule has 2 aliphatic heterocycles. The number of nitrogens with zero attached hydrogens (tertiary/aromatic N) is 1. The Morgan fingerprint density at radius 3 is 2.02 bits per heavy atom. The molecular weight excluding hydrogens is 720 g/mol. The zero-order chi connectivity index (χ0) is 41.4. The number of hydrogen-bond donors (Lipinski definition) is 10. The normalized spacial score (nSPS) is 19.9. The SMILES string of the molecule is CC(=O)N[C@@H](CCCCNC(=O)[C@@H](NC(=O)[C@@H](NC(=O)[C@H]1CCCN1)C(C)C)[C@@H](C)O)C(=O)N1CCC[C@H]1C(=O)N[C@@H](CCC(N)=O)C(=O)N[C@H](C)C(N)=O. The Morgan fingerprint density at radius 1 is 0.764 bits per heavy atom. The predicted octanol–water partition coefficient (Wildman–Crippen LogP) is -3.73. The number of aliphatic hydroxyl groups excluding tert-OH is 1. The van der Waals surface area contributed by atoms with E-state index in [1.165, 1.54) is 25.7 Å². The number of nitrogens with one attached hydrogen (secondary N) is 7. The zero-order valence-electron chi connectivity index (χ0n) is 32.4. The van der Waals surface area contributed by atoms with Crippen LogP contribution in [0, 0.1) is 5.92 Å². The van der Waals surface area contributed by atoms with Gasteiger partial charge in [0.15, 0.2) is 0 Å². The Hall–Kier alpha value is -4.85. The number of rotatable bonds is 22. The number of primary amides is 2. The van der Waals surface area contributed by atoms with E-state index < -0.39 is 95.7 Å². The van der Waals surface area contributed by atoms with Crippen LogP contribution in [0.5, 0.6) is 0 Å². The first kappa shape index (κ1) is 46.3. The van der Waals surface area contributed by atoms with Crippen LogP contribution in [0.15, 0.2) is 0 Å². The van der Waals surface area contributed by atoms with Gasteiger partial charge in [-0.3, -0.25) is 43.2 Å². The van der Waals surface area contributed by atoms with Crippen LogP contribution in [0.25, 0.3) is 0 Å². The smallest absolute Gasteiger partial charge is 0.245 e. The van der Waals surface area contributed by atoms with Gasteiger partial charge in [0.25, 0.3) is 0 Å². The van der Waals surface area contributed by atoms with Crippen LogP contribution in [0.4, 0.5) is 0 Å². The van der Waals surface area contributed by atoms with Crippen LogP contribution in [0.2, 0.25) is 0 Å². The molecule has 2 rings (SSSR count). The van der Waals surface area contributed by atoms with E-state index in [4.69, 9.17) is 11.5 Å². The minimum absolute atomic E-state index is 0.106. The lowest BCUT2D eigenvalue weighted by Crippen LogP contribution is -2.59. The molecule has 2 saturated heterocycles. The molecule has 0 aromatic heterocycles. The molecule has 0 spiro atoms. The van der Waals surface area contributed by atoms with Gasteiger partial charge in [-0.2, -0.15) is 0 Å². The fraction of sp³-hybridized carbons (Fsp3) is 0.743. The molecule has 20 heteroatoms. The predicted molar refractivity (Wildman–Crippen MR) is 198 cm³/mol. The minimum Gasteiger partial charge on any atom is -0.391 e. The first-order valence-electron chi connectivity index (χ1n) is 18.9. The molecule has 0 unspecified atom stereocenters. The molecule has 55 heavy (non-hydrogen) atoms. The van der Waals surface area contributed by atoms with Crippen molar-refractivity contribution in [1.29, 1.82) is 0 Å². The van der Waals surface area contributed by atoms with Crippen LogP contribution < -0.4 is 48.7 Å². The molecule has 8 atom stereocenters. The molecule has 0 bridgehead atoms. The summed E-state index contributed by atoms with van der Waals surface area (Å²) in [5.74, 6) is -5.84. The van der Waals surface area contributed by atoms with E-state index in [1.807, 2.05) is 0 Å². The second-order valence-corrected chi connectivity index (χ2v) is 14.5. The average Bonchev–Trinajstić information content (AvgIpc) is 3.83. The fourth-order valence-corrected chi connectivity index (χ4v) is 6.35. The lowest BCUT2D eigenvalue weighted by Gasteiger charge is -2.30. The van der Waals surface area contributed by atoms with Gasteiger partial charge in [0.2, 0.25) is 53.2 Å². The van der Waals surface area contributed by atoms with Gasteiger partial charge in [-0.25, -0.2) is 0 Å². The number of carbonyl (C=O) groups excluding carboxylic acids is 9. The molecule has 20 nitrogen and oxygen atoms in total. The van der Waals surface area contributed by atoms with Crippen molar-refractivity contribution in [3.63, 3.8) is 0 Å². The van der Waals surface area contributed by atoms with E-state index in [2.05, 4.69) is 37.2 Å². The van der Waals surface area contributed by atoms with Crippen molar-refractivity contribution in [2.45, 2.75) is 141 Å². The topological polar surface area (TPSA) is 313 Å². The summed E-state index contributed by atoms with van der Waals surface area (Å²) >= 11 is 0. The summed E-state index contributed by atoms with van der Waals surface area (Å²) in [5, 5.41) is 28.9. The van der Waals surface area contributed by atoms with Crippen molar-refractivity contribution in [2.24, 2.45) is 17.4 Å². The van der Waals surface area contributed by atoms with Crippen LogP contribution in [0.1, 0.15) is 92.4 Å². The molecular formula is C35H60N10O10. The molecule has 0 radical (unpaired) electrons.